The number of aliphatic hydroxyl groups excluding tert-OH is 1. The minimum Gasteiger partial charge on any atom is -0.392 e. The van der Waals surface area contributed by atoms with Crippen LogP contribution in [0.15, 0.2) is 18.2 Å². The zero-order valence-corrected chi connectivity index (χ0v) is 13.6. The van der Waals surface area contributed by atoms with Gasteiger partial charge in [0, 0.05) is 28.5 Å². The molecule has 2 atom stereocenters. The number of carbonyl (C=O) groups excluding carboxylic acids is 1. The van der Waals surface area contributed by atoms with Gasteiger partial charge in [-0.25, -0.2) is 0 Å². The number of benzene rings is 1. The van der Waals surface area contributed by atoms with Gasteiger partial charge < -0.3 is 15.7 Å². The average molecular weight is 331 g/mol. The molecular weight excluding hydrogens is 311 g/mol. The van der Waals surface area contributed by atoms with Crippen molar-refractivity contribution in [1.29, 1.82) is 0 Å². The summed E-state index contributed by atoms with van der Waals surface area (Å²) >= 11 is 12.5. The highest BCUT2D eigenvalue weighted by Crippen LogP contribution is 2.35. The standard InChI is InChI=1S/C15H20Cl2N2O2/c1-15(2,13-10(16)4-3-5-11(13)17)8-19-14(21)12-6-9(20)7-18-12/h3-5,9,12,18,20H,6-8H2,1-2H3,(H,19,21). The van der Waals surface area contributed by atoms with Crippen molar-refractivity contribution in [2.45, 2.75) is 37.8 Å². The molecule has 1 aromatic rings. The zero-order chi connectivity index (χ0) is 15.6. The van der Waals surface area contributed by atoms with Crippen molar-refractivity contribution in [3.63, 3.8) is 0 Å². The third kappa shape index (κ3) is 3.89. The van der Waals surface area contributed by atoms with Crippen LogP contribution in [0.4, 0.5) is 0 Å². The van der Waals surface area contributed by atoms with Crippen LogP contribution >= 0.6 is 23.2 Å². The van der Waals surface area contributed by atoms with Gasteiger partial charge in [0.1, 0.15) is 0 Å². The molecule has 3 N–H and O–H groups in total. The van der Waals surface area contributed by atoms with Gasteiger partial charge in [0.05, 0.1) is 12.1 Å². The van der Waals surface area contributed by atoms with Crippen LogP contribution in [0, 0.1) is 0 Å². The Hall–Kier alpha value is -0.810. The molecule has 1 amide bonds. The lowest BCUT2D eigenvalue weighted by atomic mass is 9.84. The minimum atomic E-state index is -0.452. The van der Waals surface area contributed by atoms with Crippen LogP contribution in [0.5, 0.6) is 0 Å². The largest absolute Gasteiger partial charge is 0.392 e. The zero-order valence-electron chi connectivity index (χ0n) is 12.1. The molecule has 0 spiro atoms. The smallest absolute Gasteiger partial charge is 0.237 e. The molecule has 0 aliphatic carbocycles. The van der Waals surface area contributed by atoms with Gasteiger partial charge in [-0.05, 0) is 24.1 Å². The van der Waals surface area contributed by atoms with E-state index in [4.69, 9.17) is 23.2 Å². The third-order valence-corrected chi connectivity index (χ3v) is 4.40. The number of nitrogens with one attached hydrogen (secondary N) is 2. The van der Waals surface area contributed by atoms with Crippen molar-refractivity contribution in [3.05, 3.63) is 33.8 Å². The minimum absolute atomic E-state index is 0.109. The molecular formula is C15H20Cl2N2O2. The monoisotopic (exact) mass is 330 g/mol. The number of hydrogen-bond donors (Lipinski definition) is 3. The van der Waals surface area contributed by atoms with E-state index in [1.807, 2.05) is 13.8 Å². The van der Waals surface area contributed by atoms with E-state index < -0.39 is 6.10 Å². The van der Waals surface area contributed by atoms with Gasteiger partial charge in [-0.1, -0.05) is 43.1 Å². The second-order valence-electron chi connectivity index (χ2n) is 6.05. The van der Waals surface area contributed by atoms with Gasteiger partial charge in [0.25, 0.3) is 0 Å². The number of aliphatic hydroxyl groups is 1. The molecule has 0 bridgehead atoms. The maximum absolute atomic E-state index is 12.1. The summed E-state index contributed by atoms with van der Waals surface area (Å²) in [5.41, 5.74) is 0.440. The lowest BCUT2D eigenvalue weighted by Gasteiger charge is -2.28. The molecule has 1 aliphatic heterocycles. The molecule has 2 unspecified atom stereocenters. The Morgan fingerprint density at radius 1 is 1.43 bits per heavy atom. The molecule has 6 heteroatoms. The van der Waals surface area contributed by atoms with E-state index in [9.17, 15) is 9.90 Å². The quantitative estimate of drug-likeness (QED) is 0.792. The van der Waals surface area contributed by atoms with Gasteiger partial charge in [0.15, 0.2) is 0 Å². The Morgan fingerprint density at radius 2 is 2.05 bits per heavy atom. The van der Waals surface area contributed by atoms with E-state index in [0.29, 0.717) is 29.6 Å². The maximum Gasteiger partial charge on any atom is 0.237 e. The molecule has 0 radical (unpaired) electrons. The molecule has 1 fully saturated rings. The molecule has 4 nitrogen and oxygen atoms in total. The highest BCUT2D eigenvalue weighted by atomic mass is 35.5. The first-order chi connectivity index (χ1) is 9.81. The fourth-order valence-corrected chi connectivity index (χ4v) is 3.49. The molecule has 1 saturated heterocycles. The lowest BCUT2D eigenvalue weighted by molar-refractivity contribution is -0.123. The molecule has 0 saturated carbocycles. The summed E-state index contributed by atoms with van der Waals surface area (Å²) in [5, 5.41) is 16.5. The second-order valence-corrected chi connectivity index (χ2v) is 6.86. The first kappa shape index (κ1) is 16.6. The van der Waals surface area contributed by atoms with Crippen LogP contribution in [0.2, 0.25) is 10.0 Å². The van der Waals surface area contributed by atoms with Crippen molar-refractivity contribution in [1.82, 2.24) is 10.6 Å². The summed E-state index contributed by atoms with van der Waals surface area (Å²) in [6, 6.07) is 5.05. The number of halogens is 2. The first-order valence-corrected chi connectivity index (χ1v) is 7.70. The van der Waals surface area contributed by atoms with E-state index in [2.05, 4.69) is 10.6 Å². The van der Waals surface area contributed by atoms with E-state index in [0.717, 1.165) is 5.56 Å². The van der Waals surface area contributed by atoms with Crippen LogP contribution in [0.1, 0.15) is 25.8 Å². The molecule has 2 rings (SSSR count). The predicted octanol–water partition coefficient (Wildman–Crippen LogP) is 2.11. The number of β-amino-alcohol motifs (C(OH)–C–C–N with tert-alkyl or cyclic N) is 1. The van der Waals surface area contributed by atoms with Crippen molar-refractivity contribution in [3.8, 4) is 0 Å². The van der Waals surface area contributed by atoms with Crippen LogP contribution in [-0.2, 0) is 10.2 Å². The van der Waals surface area contributed by atoms with Crippen molar-refractivity contribution in [2.24, 2.45) is 0 Å². The molecule has 1 heterocycles. The number of carbonyl (C=O) groups is 1. The fourth-order valence-electron chi connectivity index (χ4n) is 2.58. The Bertz CT molecular complexity index is 514. The van der Waals surface area contributed by atoms with E-state index >= 15 is 0 Å². The third-order valence-electron chi connectivity index (χ3n) is 3.77. The molecule has 21 heavy (non-hydrogen) atoms. The average Bonchev–Trinajstić information content (AvgIpc) is 2.82. The van der Waals surface area contributed by atoms with Gasteiger partial charge in [0.2, 0.25) is 5.91 Å². The van der Waals surface area contributed by atoms with Gasteiger partial charge >= 0.3 is 0 Å². The van der Waals surface area contributed by atoms with Crippen LogP contribution < -0.4 is 10.6 Å². The van der Waals surface area contributed by atoms with Gasteiger partial charge in [-0.2, -0.15) is 0 Å². The Kier molecular flexibility index (Phi) is 5.15. The van der Waals surface area contributed by atoms with Crippen LogP contribution in [-0.4, -0.2) is 36.2 Å². The van der Waals surface area contributed by atoms with E-state index in [1.165, 1.54) is 0 Å². The maximum atomic E-state index is 12.1. The molecule has 116 valence electrons. The van der Waals surface area contributed by atoms with Crippen molar-refractivity contribution >= 4 is 29.1 Å². The highest BCUT2D eigenvalue weighted by molar-refractivity contribution is 6.36. The summed E-state index contributed by atoms with van der Waals surface area (Å²) in [7, 11) is 0. The van der Waals surface area contributed by atoms with Gasteiger partial charge in [-0.3, -0.25) is 4.79 Å². The topological polar surface area (TPSA) is 61.4 Å². The van der Waals surface area contributed by atoms with Crippen LogP contribution in [0.25, 0.3) is 0 Å². The molecule has 1 aliphatic rings. The lowest BCUT2D eigenvalue weighted by Crippen LogP contribution is -2.45. The molecule has 0 aromatic heterocycles. The van der Waals surface area contributed by atoms with E-state index in [-0.39, 0.29) is 17.4 Å². The SMILES string of the molecule is CC(C)(CNC(=O)C1CC(O)CN1)c1c(Cl)cccc1Cl. The number of hydrogen-bond acceptors (Lipinski definition) is 3. The normalized spacial score (nSPS) is 22.3. The highest BCUT2D eigenvalue weighted by Gasteiger charge is 2.31. The van der Waals surface area contributed by atoms with Crippen molar-refractivity contribution < 1.29 is 9.90 Å². The second kappa shape index (κ2) is 6.53. The number of amides is 1. The summed E-state index contributed by atoms with van der Waals surface area (Å²) in [5.74, 6) is -0.109. The first-order valence-electron chi connectivity index (χ1n) is 6.95. The van der Waals surface area contributed by atoms with E-state index in [1.54, 1.807) is 18.2 Å². The summed E-state index contributed by atoms with van der Waals surface area (Å²) in [6.07, 6.45) is -0.00850. The molecule has 1 aromatic carbocycles. The van der Waals surface area contributed by atoms with Crippen LogP contribution in [0.3, 0.4) is 0 Å². The fraction of sp³-hybridized carbons (Fsp3) is 0.533. The Labute approximate surface area is 134 Å². The summed E-state index contributed by atoms with van der Waals surface area (Å²) < 4.78 is 0. The van der Waals surface area contributed by atoms with Crippen molar-refractivity contribution in [2.75, 3.05) is 13.1 Å². The number of rotatable bonds is 4. The summed E-state index contributed by atoms with van der Waals surface area (Å²) in [6.45, 7) is 4.84. The summed E-state index contributed by atoms with van der Waals surface area (Å²) in [4.78, 5) is 12.1. The Balaban J connectivity index is 2.03. The van der Waals surface area contributed by atoms with Gasteiger partial charge in [-0.15, -0.1) is 0 Å². The Morgan fingerprint density at radius 3 is 2.57 bits per heavy atom. The predicted molar refractivity (Wildman–Crippen MR) is 84.9 cm³/mol.